The molecule has 2 amide bonds. The highest BCUT2D eigenvalue weighted by Gasteiger charge is 2.37. The minimum atomic E-state index is -0.646. The highest BCUT2D eigenvalue weighted by molar-refractivity contribution is 5.87. The molecule has 1 aliphatic heterocycles. The first-order valence-electron chi connectivity index (χ1n) is 7.62. The van der Waals surface area contributed by atoms with Crippen molar-refractivity contribution in [3.05, 3.63) is 35.8 Å². The van der Waals surface area contributed by atoms with E-state index >= 15 is 0 Å². The summed E-state index contributed by atoms with van der Waals surface area (Å²) in [7, 11) is 0. The van der Waals surface area contributed by atoms with E-state index in [9.17, 15) is 14.7 Å². The summed E-state index contributed by atoms with van der Waals surface area (Å²) in [6, 6.07) is 3.31. The third-order valence-electron chi connectivity index (χ3n) is 4.16. The Kier molecular flexibility index (Phi) is 4.04. The zero-order valence-electron chi connectivity index (χ0n) is 13.2. The lowest BCUT2D eigenvalue weighted by atomic mass is 10.2. The predicted molar refractivity (Wildman–Crippen MR) is 83.6 cm³/mol. The van der Waals surface area contributed by atoms with Crippen LogP contribution in [0.5, 0.6) is 0 Å². The molecule has 3 rings (SSSR count). The number of rotatable bonds is 3. The van der Waals surface area contributed by atoms with Gasteiger partial charge in [0.1, 0.15) is 11.7 Å². The highest BCUT2D eigenvalue weighted by Crippen LogP contribution is 2.18. The SMILES string of the molecule is CC(=O)N1C[C@H](O)C[C@@H]1C(=O)NCc1cn2cccc(C)c2n1. The van der Waals surface area contributed by atoms with E-state index in [1.165, 1.54) is 11.8 Å². The van der Waals surface area contributed by atoms with Crippen molar-refractivity contribution in [2.24, 2.45) is 0 Å². The molecule has 0 saturated carbocycles. The Balaban J connectivity index is 1.68. The van der Waals surface area contributed by atoms with Crippen molar-refractivity contribution in [1.29, 1.82) is 0 Å². The number of aromatic nitrogens is 2. The third kappa shape index (κ3) is 3.05. The van der Waals surface area contributed by atoms with E-state index in [-0.39, 0.29) is 31.3 Å². The summed E-state index contributed by atoms with van der Waals surface area (Å²) in [5, 5.41) is 12.5. The number of nitrogens with zero attached hydrogens (tertiary/aromatic N) is 3. The number of fused-ring (bicyclic) bond motifs is 1. The molecule has 2 aromatic heterocycles. The number of aliphatic hydroxyl groups is 1. The van der Waals surface area contributed by atoms with Gasteiger partial charge >= 0.3 is 0 Å². The average molecular weight is 316 g/mol. The fourth-order valence-corrected chi connectivity index (χ4v) is 3.00. The van der Waals surface area contributed by atoms with E-state index in [0.717, 1.165) is 16.9 Å². The maximum Gasteiger partial charge on any atom is 0.243 e. The van der Waals surface area contributed by atoms with Crippen LogP contribution in [-0.4, -0.2) is 49.9 Å². The fraction of sp³-hybridized carbons (Fsp3) is 0.438. The van der Waals surface area contributed by atoms with Gasteiger partial charge < -0.3 is 19.7 Å². The summed E-state index contributed by atoms with van der Waals surface area (Å²) in [5.74, 6) is -0.462. The lowest BCUT2D eigenvalue weighted by molar-refractivity contribution is -0.137. The summed E-state index contributed by atoms with van der Waals surface area (Å²) in [6.45, 7) is 3.89. The van der Waals surface area contributed by atoms with Gasteiger partial charge in [0.2, 0.25) is 11.8 Å². The molecule has 7 heteroatoms. The Morgan fingerprint density at radius 2 is 2.26 bits per heavy atom. The largest absolute Gasteiger partial charge is 0.391 e. The van der Waals surface area contributed by atoms with Crippen LogP contribution in [0.25, 0.3) is 5.65 Å². The Bertz CT molecular complexity index is 755. The van der Waals surface area contributed by atoms with E-state index in [4.69, 9.17) is 0 Å². The number of imidazole rings is 1. The Labute approximate surface area is 133 Å². The van der Waals surface area contributed by atoms with E-state index in [1.54, 1.807) is 0 Å². The van der Waals surface area contributed by atoms with Crippen LogP contribution >= 0.6 is 0 Å². The first kappa shape index (κ1) is 15.5. The highest BCUT2D eigenvalue weighted by atomic mass is 16.3. The zero-order valence-corrected chi connectivity index (χ0v) is 13.2. The van der Waals surface area contributed by atoms with Gasteiger partial charge in [-0.3, -0.25) is 9.59 Å². The van der Waals surface area contributed by atoms with Crippen LogP contribution in [0.15, 0.2) is 24.5 Å². The maximum atomic E-state index is 12.3. The number of hydrogen-bond donors (Lipinski definition) is 2. The Morgan fingerprint density at radius 1 is 1.48 bits per heavy atom. The Hall–Kier alpha value is -2.41. The second-order valence-electron chi connectivity index (χ2n) is 5.95. The van der Waals surface area contributed by atoms with Crippen molar-refractivity contribution in [3.63, 3.8) is 0 Å². The number of aryl methyl sites for hydroxylation is 1. The summed E-state index contributed by atoms with van der Waals surface area (Å²) < 4.78 is 1.91. The first-order chi connectivity index (χ1) is 11.0. The number of aliphatic hydroxyl groups excluding tert-OH is 1. The van der Waals surface area contributed by atoms with Crippen molar-refractivity contribution < 1.29 is 14.7 Å². The van der Waals surface area contributed by atoms with E-state index in [1.807, 2.05) is 35.9 Å². The van der Waals surface area contributed by atoms with Crippen LogP contribution < -0.4 is 5.32 Å². The molecule has 2 atom stereocenters. The van der Waals surface area contributed by atoms with Gasteiger partial charge in [-0.05, 0) is 18.6 Å². The van der Waals surface area contributed by atoms with Crippen LogP contribution in [0.3, 0.4) is 0 Å². The second-order valence-corrected chi connectivity index (χ2v) is 5.95. The van der Waals surface area contributed by atoms with E-state index < -0.39 is 12.1 Å². The number of β-amino-alcohol motifs (C(OH)–C–C–N with tert-alkyl or cyclic N) is 1. The number of pyridine rings is 1. The quantitative estimate of drug-likeness (QED) is 0.849. The van der Waals surface area contributed by atoms with Crippen LogP contribution in [0, 0.1) is 6.92 Å². The molecule has 23 heavy (non-hydrogen) atoms. The predicted octanol–water partition coefficient (Wildman–Crippen LogP) is 0.241. The van der Waals surface area contributed by atoms with Gasteiger partial charge in [0.15, 0.2) is 0 Å². The minimum absolute atomic E-state index is 0.204. The van der Waals surface area contributed by atoms with Crippen molar-refractivity contribution in [1.82, 2.24) is 19.6 Å². The number of likely N-dealkylation sites (tertiary alicyclic amines) is 1. The molecule has 0 radical (unpaired) electrons. The lowest BCUT2D eigenvalue weighted by Gasteiger charge is -2.21. The summed E-state index contributed by atoms with van der Waals surface area (Å²) >= 11 is 0. The van der Waals surface area contributed by atoms with Gasteiger partial charge in [-0.1, -0.05) is 6.07 Å². The second kappa shape index (κ2) is 6.00. The van der Waals surface area contributed by atoms with Gasteiger partial charge in [0.05, 0.1) is 18.3 Å². The van der Waals surface area contributed by atoms with Gasteiger partial charge in [-0.25, -0.2) is 4.98 Å². The van der Waals surface area contributed by atoms with Gasteiger partial charge in [-0.15, -0.1) is 0 Å². The number of amides is 2. The van der Waals surface area contributed by atoms with E-state index in [2.05, 4.69) is 10.3 Å². The average Bonchev–Trinajstić information content (AvgIpc) is 3.09. The molecule has 0 aliphatic carbocycles. The molecule has 122 valence electrons. The normalized spacial score (nSPS) is 20.9. The number of hydrogen-bond acceptors (Lipinski definition) is 4. The molecule has 0 spiro atoms. The van der Waals surface area contributed by atoms with Gasteiger partial charge in [0, 0.05) is 32.3 Å². The third-order valence-corrected chi connectivity index (χ3v) is 4.16. The van der Waals surface area contributed by atoms with E-state index in [0.29, 0.717) is 0 Å². The molecule has 0 aromatic carbocycles. The number of carbonyl (C=O) groups is 2. The summed E-state index contributed by atoms with van der Waals surface area (Å²) in [6.07, 6.45) is 3.41. The first-order valence-corrected chi connectivity index (χ1v) is 7.62. The van der Waals surface area contributed by atoms with Crippen molar-refractivity contribution in [2.75, 3.05) is 6.54 Å². The summed E-state index contributed by atoms with van der Waals surface area (Å²) in [4.78, 5) is 29.8. The molecular formula is C16H20N4O3. The summed E-state index contributed by atoms with van der Waals surface area (Å²) in [5.41, 5.74) is 2.67. The fourth-order valence-electron chi connectivity index (χ4n) is 3.00. The molecular weight excluding hydrogens is 296 g/mol. The monoisotopic (exact) mass is 316 g/mol. The maximum absolute atomic E-state index is 12.3. The number of carbonyl (C=O) groups excluding carboxylic acids is 2. The zero-order chi connectivity index (χ0) is 16.6. The smallest absolute Gasteiger partial charge is 0.243 e. The molecule has 7 nitrogen and oxygen atoms in total. The van der Waals surface area contributed by atoms with Gasteiger partial charge in [0.25, 0.3) is 0 Å². The van der Waals surface area contributed by atoms with Crippen LogP contribution in [0.2, 0.25) is 0 Å². The molecule has 1 aliphatic rings. The van der Waals surface area contributed by atoms with Gasteiger partial charge in [-0.2, -0.15) is 0 Å². The molecule has 0 bridgehead atoms. The molecule has 1 fully saturated rings. The van der Waals surface area contributed by atoms with Crippen molar-refractivity contribution >= 4 is 17.5 Å². The topological polar surface area (TPSA) is 86.9 Å². The van der Waals surface area contributed by atoms with Crippen LogP contribution in [0.1, 0.15) is 24.6 Å². The minimum Gasteiger partial charge on any atom is -0.391 e. The van der Waals surface area contributed by atoms with Crippen molar-refractivity contribution in [2.45, 2.75) is 39.0 Å². The van der Waals surface area contributed by atoms with Crippen molar-refractivity contribution in [3.8, 4) is 0 Å². The lowest BCUT2D eigenvalue weighted by Crippen LogP contribution is -2.44. The van der Waals surface area contributed by atoms with Crippen LogP contribution in [0.4, 0.5) is 0 Å². The number of nitrogens with one attached hydrogen (secondary N) is 1. The van der Waals surface area contributed by atoms with Crippen LogP contribution in [-0.2, 0) is 16.1 Å². The molecule has 3 heterocycles. The molecule has 2 aromatic rings. The Morgan fingerprint density at radius 3 is 2.96 bits per heavy atom. The molecule has 2 N–H and O–H groups in total. The molecule has 0 unspecified atom stereocenters. The molecule has 1 saturated heterocycles. The standard InChI is InChI=1S/C16H20N4O3/c1-10-4-3-5-19-8-12(18-15(10)19)7-17-16(23)14-6-13(22)9-20(14)11(2)21/h3-5,8,13-14,22H,6-7,9H2,1-2H3,(H,17,23)/t13-,14-/m1/s1.